The topological polar surface area (TPSA) is 67.9 Å². The maximum absolute atomic E-state index is 13.3. The van der Waals surface area contributed by atoms with Gasteiger partial charge in [0.25, 0.3) is 0 Å². The summed E-state index contributed by atoms with van der Waals surface area (Å²) in [6.45, 7) is 1.23. The second kappa shape index (κ2) is 7.34. The number of likely N-dealkylation sites (N-methyl/N-ethyl adjacent to an activating group) is 1. The summed E-state index contributed by atoms with van der Waals surface area (Å²) in [5.74, 6) is -0.540. The normalized spacial score (nSPS) is 25.7. The van der Waals surface area contributed by atoms with Crippen LogP contribution < -0.4 is 10.5 Å². The zero-order valence-electron chi connectivity index (χ0n) is 15.0. The molecule has 0 aliphatic carbocycles. The number of dihydropyridines is 1. The Balaban J connectivity index is 2.01. The molecule has 5 nitrogen and oxygen atoms in total. The minimum atomic E-state index is -4.54. The second-order valence-electron chi connectivity index (χ2n) is 6.98. The molecule has 0 spiro atoms. The largest absolute Gasteiger partial charge is 0.492 e. The Labute approximate surface area is 155 Å². The van der Waals surface area contributed by atoms with E-state index < -0.39 is 23.1 Å². The number of ether oxygens (including phenoxy) is 1. The first-order valence-corrected chi connectivity index (χ1v) is 8.76. The number of primary amides is 1. The van der Waals surface area contributed by atoms with Gasteiger partial charge in [-0.15, -0.1) is 0 Å². The smallest absolute Gasteiger partial charge is 0.416 e. The van der Waals surface area contributed by atoms with Gasteiger partial charge in [-0.1, -0.05) is 6.08 Å². The lowest BCUT2D eigenvalue weighted by atomic mass is 9.77. The number of likely N-dealkylation sites (tertiary alicyclic amines) is 1. The molecule has 1 aromatic rings. The van der Waals surface area contributed by atoms with Gasteiger partial charge in [0.2, 0.25) is 5.91 Å². The summed E-state index contributed by atoms with van der Waals surface area (Å²) in [5.41, 5.74) is 3.37. The van der Waals surface area contributed by atoms with Crippen molar-refractivity contribution in [1.82, 2.24) is 4.90 Å². The maximum atomic E-state index is 13.3. The Morgan fingerprint density at radius 1 is 1.44 bits per heavy atom. The molecule has 1 saturated heterocycles. The standard InChI is InChI=1S/C19H22F3N3O2/c1-25-9-2-4-14(25)11-27-16-6-5-13(19(20,21)22)10-15(16)18(17(23)26)7-3-8-24-12-18/h3,5-8,10,14H,2,4,9,11-12H2,1H3,(H2,23,26)/t14-,18?/m1/s1. The van der Waals surface area contributed by atoms with Gasteiger partial charge in [-0.25, -0.2) is 0 Å². The number of nitrogens with two attached hydrogens (primary N) is 1. The predicted molar refractivity (Wildman–Crippen MR) is 96.0 cm³/mol. The van der Waals surface area contributed by atoms with Crippen LogP contribution in [0.15, 0.2) is 35.3 Å². The van der Waals surface area contributed by atoms with Crippen LogP contribution in [0.25, 0.3) is 0 Å². The second-order valence-corrected chi connectivity index (χ2v) is 6.98. The van der Waals surface area contributed by atoms with Crippen LogP contribution in [0.2, 0.25) is 0 Å². The molecule has 3 rings (SSSR count). The van der Waals surface area contributed by atoms with Crippen molar-refractivity contribution in [3.05, 3.63) is 41.5 Å². The molecule has 27 heavy (non-hydrogen) atoms. The van der Waals surface area contributed by atoms with Gasteiger partial charge in [-0.2, -0.15) is 13.2 Å². The van der Waals surface area contributed by atoms with E-state index in [0.717, 1.165) is 31.5 Å². The highest BCUT2D eigenvalue weighted by molar-refractivity contribution is 5.93. The van der Waals surface area contributed by atoms with E-state index in [0.29, 0.717) is 6.61 Å². The molecule has 1 amide bonds. The van der Waals surface area contributed by atoms with Crippen LogP contribution in [0.4, 0.5) is 13.2 Å². The van der Waals surface area contributed by atoms with Crippen LogP contribution in [-0.2, 0) is 16.4 Å². The van der Waals surface area contributed by atoms with E-state index in [4.69, 9.17) is 10.5 Å². The van der Waals surface area contributed by atoms with Crippen molar-refractivity contribution in [3.8, 4) is 5.75 Å². The van der Waals surface area contributed by atoms with E-state index in [1.165, 1.54) is 24.4 Å². The van der Waals surface area contributed by atoms with Crippen molar-refractivity contribution in [2.24, 2.45) is 10.7 Å². The first-order valence-electron chi connectivity index (χ1n) is 8.76. The van der Waals surface area contributed by atoms with Crippen LogP contribution in [0.3, 0.4) is 0 Å². The molecule has 1 unspecified atom stereocenters. The Bertz CT molecular complexity index is 776. The Morgan fingerprint density at radius 2 is 2.22 bits per heavy atom. The van der Waals surface area contributed by atoms with E-state index in [1.807, 2.05) is 7.05 Å². The van der Waals surface area contributed by atoms with Crippen LogP contribution in [0.5, 0.6) is 5.75 Å². The fourth-order valence-electron chi connectivity index (χ4n) is 3.54. The van der Waals surface area contributed by atoms with Gasteiger partial charge >= 0.3 is 6.18 Å². The number of benzene rings is 1. The summed E-state index contributed by atoms with van der Waals surface area (Å²) < 4.78 is 45.7. The van der Waals surface area contributed by atoms with E-state index in [-0.39, 0.29) is 23.9 Å². The van der Waals surface area contributed by atoms with Crippen molar-refractivity contribution < 1.29 is 22.7 Å². The molecule has 0 radical (unpaired) electrons. The van der Waals surface area contributed by atoms with Gasteiger partial charge < -0.3 is 15.4 Å². The summed E-state index contributed by atoms with van der Waals surface area (Å²) >= 11 is 0. The number of alkyl halides is 3. The molecular weight excluding hydrogens is 359 g/mol. The lowest BCUT2D eigenvalue weighted by Crippen LogP contribution is -2.44. The molecular formula is C19H22F3N3O2. The average Bonchev–Trinajstić information content (AvgIpc) is 3.04. The lowest BCUT2D eigenvalue weighted by molar-refractivity contribution is -0.137. The Morgan fingerprint density at radius 3 is 2.78 bits per heavy atom. The van der Waals surface area contributed by atoms with E-state index in [2.05, 4.69) is 9.89 Å². The molecule has 0 saturated carbocycles. The summed E-state index contributed by atoms with van der Waals surface area (Å²) in [5, 5.41) is 0. The number of nitrogens with zero attached hydrogens (tertiary/aromatic N) is 2. The summed E-state index contributed by atoms with van der Waals surface area (Å²) in [4.78, 5) is 18.5. The minimum Gasteiger partial charge on any atom is -0.492 e. The Kier molecular flexibility index (Phi) is 5.28. The summed E-state index contributed by atoms with van der Waals surface area (Å²) in [6, 6.07) is 3.36. The number of rotatable bonds is 5. The van der Waals surface area contributed by atoms with Gasteiger partial charge in [0.1, 0.15) is 17.8 Å². The highest BCUT2D eigenvalue weighted by Gasteiger charge is 2.42. The summed E-state index contributed by atoms with van der Waals surface area (Å²) in [7, 11) is 1.98. The third-order valence-corrected chi connectivity index (χ3v) is 5.24. The van der Waals surface area contributed by atoms with Crippen LogP contribution in [-0.4, -0.2) is 49.8 Å². The fraction of sp³-hybridized carbons (Fsp3) is 0.474. The number of carbonyl (C=O) groups excluding carboxylic acids is 1. The quantitative estimate of drug-likeness (QED) is 0.852. The van der Waals surface area contributed by atoms with Crippen molar-refractivity contribution in [1.29, 1.82) is 0 Å². The third-order valence-electron chi connectivity index (χ3n) is 5.24. The van der Waals surface area contributed by atoms with Gasteiger partial charge in [0, 0.05) is 17.8 Å². The number of amides is 1. The van der Waals surface area contributed by atoms with Crippen LogP contribution in [0.1, 0.15) is 24.0 Å². The van der Waals surface area contributed by atoms with Gasteiger partial charge in [0.05, 0.1) is 12.1 Å². The van der Waals surface area contributed by atoms with Gasteiger partial charge in [-0.05, 0) is 50.7 Å². The first kappa shape index (κ1) is 19.4. The number of aliphatic imine (C=N–C) groups is 1. The highest BCUT2D eigenvalue weighted by Crippen LogP contribution is 2.40. The molecule has 0 aromatic heterocycles. The molecule has 2 atom stereocenters. The minimum absolute atomic E-state index is 0.0557. The number of carbonyl (C=O) groups is 1. The van der Waals surface area contributed by atoms with Crippen molar-refractivity contribution in [2.75, 3.05) is 26.7 Å². The first-order chi connectivity index (χ1) is 12.7. The van der Waals surface area contributed by atoms with E-state index in [1.54, 1.807) is 0 Å². The number of halogens is 3. The number of hydrogen-bond donors (Lipinski definition) is 1. The van der Waals surface area contributed by atoms with Gasteiger partial charge in [-0.3, -0.25) is 9.79 Å². The van der Waals surface area contributed by atoms with Gasteiger partial charge in [0.15, 0.2) is 0 Å². The third kappa shape index (κ3) is 3.85. The molecule has 1 fully saturated rings. The molecule has 0 bridgehead atoms. The number of hydrogen-bond acceptors (Lipinski definition) is 4. The zero-order valence-corrected chi connectivity index (χ0v) is 15.0. The summed E-state index contributed by atoms with van der Waals surface area (Å²) in [6.07, 6.45) is 1.96. The lowest BCUT2D eigenvalue weighted by Gasteiger charge is -2.31. The fourth-order valence-corrected chi connectivity index (χ4v) is 3.54. The van der Waals surface area contributed by atoms with Crippen molar-refractivity contribution in [2.45, 2.75) is 30.5 Å². The zero-order chi connectivity index (χ0) is 19.7. The molecule has 2 N–H and O–H groups in total. The monoisotopic (exact) mass is 381 g/mol. The Hall–Kier alpha value is -2.35. The molecule has 1 aromatic carbocycles. The molecule has 2 aliphatic rings. The maximum Gasteiger partial charge on any atom is 0.416 e. The highest BCUT2D eigenvalue weighted by atomic mass is 19.4. The molecule has 146 valence electrons. The van der Waals surface area contributed by atoms with Crippen molar-refractivity contribution in [3.63, 3.8) is 0 Å². The van der Waals surface area contributed by atoms with E-state index >= 15 is 0 Å². The van der Waals surface area contributed by atoms with Crippen LogP contribution in [0, 0.1) is 0 Å². The SMILES string of the molecule is CN1CCC[C@@H]1COc1ccc(C(F)(F)F)cc1C1(C(N)=O)C=CC=NC1. The molecule has 2 aliphatic heterocycles. The van der Waals surface area contributed by atoms with Crippen molar-refractivity contribution >= 4 is 12.1 Å². The van der Waals surface area contributed by atoms with E-state index in [9.17, 15) is 18.0 Å². The number of allylic oxidation sites excluding steroid dienone is 1. The van der Waals surface area contributed by atoms with Crippen LogP contribution >= 0.6 is 0 Å². The average molecular weight is 381 g/mol. The molecule has 8 heteroatoms. The predicted octanol–water partition coefficient (Wildman–Crippen LogP) is 2.54. The molecule has 2 heterocycles.